The smallest absolute Gasteiger partial charge is 0.191 e. The van der Waals surface area contributed by atoms with Gasteiger partial charge in [-0.1, -0.05) is 54.6 Å². The van der Waals surface area contributed by atoms with Gasteiger partial charge in [-0.05, 0) is 49.6 Å². The van der Waals surface area contributed by atoms with E-state index in [-0.39, 0.29) is 11.9 Å². The Hall–Kier alpha value is -2.23. The molecular weight excluding hydrogens is 300 g/mol. The normalized spacial score (nSPS) is 23.7. The third-order valence-corrected chi connectivity index (χ3v) is 4.18. The zero-order chi connectivity index (χ0) is 17.2. The second-order valence-electron chi connectivity index (χ2n) is 6.37. The molecule has 0 saturated heterocycles. The number of benzene rings is 2. The Kier molecular flexibility index (Phi) is 4.65. The Morgan fingerprint density at radius 2 is 1.62 bits per heavy atom. The van der Waals surface area contributed by atoms with E-state index < -0.39 is 11.9 Å². The lowest BCUT2D eigenvalue weighted by Crippen LogP contribution is -2.42. The van der Waals surface area contributed by atoms with Crippen LogP contribution in [-0.4, -0.2) is 18.2 Å². The van der Waals surface area contributed by atoms with E-state index >= 15 is 0 Å². The lowest BCUT2D eigenvalue weighted by atomic mass is 9.88. The molecule has 3 rings (SSSR count). The highest BCUT2D eigenvalue weighted by Gasteiger charge is 2.40. The lowest BCUT2D eigenvalue weighted by Gasteiger charge is -2.35. The fourth-order valence-electron chi connectivity index (χ4n) is 2.82. The van der Waals surface area contributed by atoms with Crippen molar-refractivity contribution in [3.63, 3.8) is 0 Å². The molecule has 0 radical (unpaired) electrons. The van der Waals surface area contributed by atoms with Crippen molar-refractivity contribution in [3.05, 3.63) is 72.3 Å². The van der Waals surface area contributed by atoms with Gasteiger partial charge < -0.3 is 9.47 Å². The molecule has 0 amide bonds. The summed E-state index contributed by atoms with van der Waals surface area (Å²) < 4.78 is 11.7. The minimum Gasteiger partial charge on any atom is -0.346 e. The van der Waals surface area contributed by atoms with E-state index in [0.717, 1.165) is 16.7 Å². The molecule has 0 bridgehead atoms. The highest BCUT2D eigenvalue weighted by Crippen LogP contribution is 2.33. The minimum atomic E-state index is -1.02. The van der Waals surface area contributed by atoms with Gasteiger partial charge in [0, 0.05) is 0 Å². The maximum absolute atomic E-state index is 12.4. The second kappa shape index (κ2) is 6.71. The molecule has 2 aromatic carbocycles. The summed E-state index contributed by atoms with van der Waals surface area (Å²) >= 11 is 0. The first-order valence-electron chi connectivity index (χ1n) is 8.21. The number of ether oxygens (including phenoxy) is 2. The quantitative estimate of drug-likeness (QED) is 0.833. The summed E-state index contributed by atoms with van der Waals surface area (Å²) in [5.74, 6) is -0.0708. The van der Waals surface area contributed by atoms with E-state index in [1.807, 2.05) is 56.3 Å². The van der Waals surface area contributed by atoms with Crippen LogP contribution in [0.1, 0.15) is 26.3 Å². The highest BCUT2D eigenvalue weighted by molar-refractivity contribution is 5.98. The van der Waals surface area contributed by atoms with E-state index in [0.29, 0.717) is 0 Å². The fourth-order valence-corrected chi connectivity index (χ4v) is 2.82. The summed E-state index contributed by atoms with van der Waals surface area (Å²) in [6.45, 7) is 5.69. The topological polar surface area (TPSA) is 35.5 Å². The number of hydrogen-bond donors (Lipinski definition) is 0. The zero-order valence-electron chi connectivity index (χ0n) is 14.2. The number of carbonyl (C=O) groups is 1. The molecule has 2 aromatic rings. The number of carbonyl (C=O) groups excluding carboxylic acids is 1. The summed E-state index contributed by atoms with van der Waals surface area (Å²) in [6, 6.07) is 18.1. The van der Waals surface area contributed by atoms with Crippen LogP contribution in [0.2, 0.25) is 0 Å². The van der Waals surface area contributed by atoms with Gasteiger partial charge in [0.15, 0.2) is 17.7 Å². The van der Waals surface area contributed by atoms with Crippen LogP contribution < -0.4 is 0 Å². The SMILES string of the molecule is CC(C)O[C@H]1C=CC(=O)[C@](C)(c2ccc(-c3ccccc3)cc2)O1. The summed E-state index contributed by atoms with van der Waals surface area (Å²) in [4.78, 5) is 12.4. The van der Waals surface area contributed by atoms with Crippen LogP contribution in [0.25, 0.3) is 11.1 Å². The monoisotopic (exact) mass is 322 g/mol. The Morgan fingerprint density at radius 1 is 1.00 bits per heavy atom. The first-order chi connectivity index (χ1) is 11.5. The first kappa shape index (κ1) is 16.6. The largest absolute Gasteiger partial charge is 0.346 e. The van der Waals surface area contributed by atoms with Crippen LogP contribution in [0, 0.1) is 0 Å². The Labute approximate surface area is 142 Å². The van der Waals surface area contributed by atoms with Crippen molar-refractivity contribution in [1.29, 1.82) is 0 Å². The van der Waals surface area contributed by atoms with Crippen molar-refractivity contribution in [3.8, 4) is 11.1 Å². The van der Waals surface area contributed by atoms with Crippen molar-refractivity contribution in [2.75, 3.05) is 0 Å². The maximum Gasteiger partial charge on any atom is 0.191 e. The van der Waals surface area contributed by atoms with E-state index in [2.05, 4.69) is 12.1 Å². The molecule has 0 spiro atoms. The molecule has 3 heteroatoms. The molecule has 0 unspecified atom stereocenters. The van der Waals surface area contributed by atoms with Crippen LogP contribution in [0.3, 0.4) is 0 Å². The predicted octanol–water partition coefficient (Wildman–Crippen LogP) is 4.48. The molecule has 124 valence electrons. The molecule has 1 heterocycles. The zero-order valence-corrected chi connectivity index (χ0v) is 14.2. The maximum atomic E-state index is 12.4. The molecular formula is C21H22O3. The van der Waals surface area contributed by atoms with Crippen molar-refractivity contribution in [2.45, 2.75) is 38.8 Å². The van der Waals surface area contributed by atoms with Crippen molar-refractivity contribution >= 4 is 5.78 Å². The van der Waals surface area contributed by atoms with Gasteiger partial charge in [0.25, 0.3) is 0 Å². The minimum absolute atomic E-state index is 0.0255. The molecule has 0 fully saturated rings. The Balaban J connectivity index is 1.87. The van der Waals surface area contributed by atoms with Gasteiger partial charge in [0.1, 0.15) is 0 Å². The third kappa shape index (κ3) is 3.32. The molecule has 0 aromatic heterocycles. The lowest BCUT2D eigenvalue weighted by molar-refractivity contribution is -0.204. The van der Waals surface area contributed by atoms with Crippen LogP contribution >= 0.6 is 0 Å². The van der Waals surface area contributed by atoms with Gasteiger partial charge in [0.05, 0.1) is 6.10 Å². The summed E-state index contributed by atoms with van der Waals surface area (Å²) in [5, 5.41) is 0. The molecule has 1 aliphatic rings. The van der Waals surface area contributed by atoms with Gasteiger partial charge in [-0.25, -0.2) is 0 Å². The molecule has 3 nitrogen and oxygen atoms in total. The van der Waals surface area contributed by atoms with E-state index in [1.54, 1.807) is 19.1 Å². The van der Waals surface area contributed by atoms with E-state index in [1.165, 1.54) is 0 Å². The number of rotatable bonds is 4. The van der Waals surface area contributed by atoms with Crippen molar-refractivity contribution < 1.29 is 14.3 Å². The first-order valence-corrected chi connectivity index (χ1v) is 8.21. The summed E-state index contributed by atoms with van der Waals surface area (Å²) in [5.41, 5.74) is 2.06. The molecule has 24 heavy (non-hydrogen) atoms. The Morgan fingerprint density at radius 3 is 2.25 bits per heavy atom. The summed E-state index contributed by atoms with van der Waals surface area (Å²) in [7, 11) is 0. The predicted molar refractivity (Wildman–Crippen MR) is 94.5 cm³/mol. The van der Waals surface area contributed by atoms with Gasteiger partial charge in [-0.3, -0.25) is 4.79 Å². The number of hydrogen-bond acceptors (Lipinski definition) is 3. The Bertz CT molecular complexity index is 731. The average Bonchev–Trinajstić information content (AvgIpc) is 2.59. The van der Waals surface area contributed by atoms with E-state index in [4.69, 9.17) is 9.47 Å². The molecule has 2 atom stereocenters. The van der Waals surface area contributed by atoms with Gasteiger partial charge in [0.2, 0.25) is 0 Å². The highest BCUT2D eigenvalue weighted by atomic mass is 16.7. The molecule has 0 aliphatic carbocycles. The fraction of sp³-hybridized carbons (Fsp3) is 0.286. The average molecular weight is 322 g/mol. The van der Waals surface area contributed by atoms with Crippen molar-refractivity contribution in [1.82, 2.24) is 0 Å². The summed E-state index contributed by atoms with van der Waals surface area (Å²) in [6.07, 6.45) is 2.74. The van der Waals surface area contributed by atoms with E-state index in [9.17, 15) is 4.79 Å². The molecule has 0 saturated carbocycles. The molecule has 0 N–H and O–H groups in total. The van der Waals surface area contributed by atoms with Gasteiger partial charge in [-0.2, -0.15) is 0 Å². The van der Waals surface area contributed by atoms with Crippen LogP contribution in [0.4, 0.5) is 0 Å². The number of ketones is 1. The second-order valence-corrected chi connectivity index (χ2v) is 6.37. The van der Waals surface area contributed by atoms with Gasteiger partial charge in [-0.15, -0.1) is 0 Å². The van der Waals surface area contributed by atoms with Crippen LogP contribution in [0.15, 0.2) is 66.7 Å². The van der Waals surface area contributed by atoms with Gasteiger partial charge >= 0.3 is 0 Å². The van der Waals surface area contributed by atoms with Crippen LogP contribution in [-0.2, 0) is 19.9 Å². The van der Waals surface area contributed by atoms with Crippen molar-refractivity contribution in [2.24, 2.45) is 0 Å². The standard InChI is InChI=1S/C21H22O3/c1-15(2)23-20-14-13-19(22)21(3,24-20)18-11-9-17(10-12-18)16-7-5-4-6-8-16/h4-15,20H,1-3H3/t20-,21+/m1/s1. The van der Waals surface area contributed by atoms with Crippen LogP contribution in [0.5, 0.6) is 0 Å². The molecule has 1 aliphatic heterocycles. The third-order valence-electron chi connectivity index (χ3n) is 4.18.